The van der Waals surface area contributed by atoms with Crippen LogP contribution in [0.15, 0.2) is 0 Å². The minimum Gasteiger partial charge on any atom is -0.462 e. The molecule has 0 aromatic heterocycles. The van der Waals surface area contributed by atoms with Crippen molar-refractivity contribution in [1.29, 1.82) is 0 Å². The molecule has 0 aromatic rings. The van der Waals surface area contributed by atoms with Gasteiger partial charge in [0.25, 0.3) is 0 Å². The van der Waals surface area contributed by atoms with Crippen LogP contribution in [0.2, 0.25) is 0 Å². The Hall–Kier alpha value is -1.06. The lowest BCUT2D eigenvalue weighted by Gasteiger charge is -2.40. The fraction of sp³-hybridized carbons (Fsp3) is 0.933. The first kappa shape index (κ1) is 26.0. The summed E-state index contributed by atoms with van der Waals surface area (Å²) in [6.07, 6.45) is 15.8. The van der Waals surface area contributed by atoms with Crippen LogP contribution in [-0.2, 0) is 19.1 Å². The van der Waals surface area contributed by atoms with Crippen molar-refractivity contribution in [2.45, 2.75) is 130 Å². The summed E-state index contributed by atoms with van der Waals surface area (Å²) < 4.78 is 12.2. The van der Waals surface area contributed by atoms with E-state index in [1.807, 2.05) is 13.8 Å². The molecule has 4 atom stereocenters. The molecular formula is C30H50O4. The Morgan fingerprint density at radius 3 is 1.62 bits per heavy atom. The maximum atomic E-state index is 13.6. The lowest BCUT2D eigenvalue weighted by molar-refractivity contribution is -0.175. The lowest BCUT2D eigenvalue weighted by Crippen LogP contribution is -2.45. The summed E-state index contributed by atoms with van der Waals surface area (Å²) in [5.41, 5.74) is -0.362. The van der Waals surface area contributed by atoms with Gasteiger partial charge in [0, 0.05) is 0 Å². The van der Waals surface area contributed by atoms with Crippen molar-refractivity contribution in [3.63, 3.8) is 0 Å². The number of hydrogen-bond acceptors (Lipinski definition) is 4. The van der Waals surface area contributed by atoms with E-state index in [2.05, 4.69) is 20.8 Å². The number of hydrogen-bond donors (Lipinski definition) is 0. The van der Waals surface area contributed by atoms with Gasteiger partial charge in [-0.3, -0.25) is 9.59 Å². The number of rotatable bonds is 8. The number of carbonyl (C=O) groups excluding carboxylic acids is 2. The second kappa shape index (κ2) is 10.9. The quantitative estimate of drug-likeness (QED) is 0.345. The van der Waals surface area contributed by atoms with E-state index in [0.717, 1.165) is 49.4 Å². The second-order valence-electron chi connectivity index (χ2n) is 13.6. The predicted octanol–water partition coefficient (Wildman–Crippen LogP) is 7.34. The van der Waals surface area contributed by atoms with E-state index in [4.69, 9.17) is 9.47 Å². The smallest absolute Gasteiger partial charge is 0.310 e. The zero-order valence-electron chi connectivity index (χ0n) is 22.5. The van der Waals surface area contributed by atoms with Crippen molar-refractivity contribution >= 4 is 11.9 Å². The Morgan fingerprint density at radius 1 is 0.647 bits per heavy atom. The molecule has 0 radical (unpaired) electrons. The molecule has 0 aromatic carbocycles. The van der Waals surface area contributed by atoms with Gasteiger partial charge >= 0.3 is 11.9 Å². The van der Waals surface area contributed by atoms with Gasteiger partial charge in [0.2, 0.25) is 0 Å². The van der Waals surface area contributed by atoms with Crippen molar-refractivity contribution in [1.82, 2.24) is 0 Å². The average Bonchev–Trinajstić information content (AvgIpc) is 3.10. The molecule has 4 heteroatoms. The number of carbonyl (C=O) groups is 2. The van der Waals surface area contributed by atoms with Crippen LogP contribution >= 0.6 is 0 Å². The van der Waals surface area contributed by atoms with E-state index >= 15 is 0 Å². The molecular weight excluding hydrogens is 424 g/mol. The maximum absolute atomic E-state index is 13.6. The molecule has 4 aliphatic carbocycles. The van der Waals surface area contributed by atoms with Gasteiger partial charge in [0.1, 0.15) is 12.2 Å². The highest BCUT2D eigenvalue weighted by atomic mass is 16.6. The standard InChI is InChI=1S/C30H50O4/c1-19(2)26(28(31)33-24-15-12-22(13-16-24)20-8-6-9-20)27(30(3,4)5)29(32)34-25-17-14-23(18-25)21-10-7-11-21/h19-27H,6-18H2,1-5H3. The summed E-state index contributed by atoms with van der Waals surface area (Å²) in [5, 5.41) is 0. The van der Waals surface area contributed by atoms with Crippen LogP contribution in [-0.4, -0.2) is 24.1 Å². The van der Waals surface area contributed by atoms with Gasteiger partial charge in [0.15, 0.2) is 0 Å². The normalized spacial score (nSPS) is 32.5. The van der Waals surface area contributed by atoms with E-state index in [1.165, 1.54) is 57.8 Å². The van der Waals surface area contributed by atoms with Crippen LogP contribution in [0.1, 0.15) is 118 Å². The Bertz CT molecular complexity index is 691. The largest absolute Gasteiger partial charge is 0.462 e. The molecule has 4 rings (SSSR count). The first-order valence-corrected chi connectivity index (χ1v) is 14.5. The van der Waals surface area contributed by atoms with Crippen LogP contribution in [0.4, 0.5) is 0 Å². The van der Waals surface area contributed by atoms with Crippen LogP contribution < -0.4 is 0 Å². The summed E-state index contributed by atoms with van der Waals surface area (Å²) in [4.78, 5) is 27.1. The molecule has 0 amide bonds. The Balaban J connectivity index is 1.36. The van der Waals surface area contributed by atoms with E-state index in [1.54, 1.807) is 0 Å². The van der Waals surface area contributed by atoms with Crippen molar-refractivity contribution in [2.24, 2.45) is 46.8 Å². The highest BCUT2D eigenvalue weighted by molar-refractivity contribution is 5.83. The number of ether oxygens (including phenoxy) is 2. The summed E-state index contributed by atoms with van der Waals surface area (Å²) in [5.74, 6) is 2.04. The minimum atomic E-state index is -0.478. The zero-order valence-corrected chi connectivity index (χ0v) is 22.5. The molecule has 4 unspecified atom stereocenters. The first-order chi connectivity index (χ1) is 16.1. The molecule has 0 spiro atoms. The Kier molecular flexibility index (Phi) is 8.35. The molecule has 4 aliphatic rings. The molecule has 0 bridgehead atoms. The molecule has 0 saturated heterocycles. The van der Waals surface area contributed by atoms with E-state index in [9.17, 15) is 9.59 Å². The predicted molar refractivity (Wildman–Crippen MR) is 135 cm³/mol. The van der Waals surface area contributed by atoms with Crippen molar-refractivity contribution < 1.29 is 19.1 Å². The van der Waals surface area contributed by atoms with Gasteiger partial charge in [-0.1, -0.05) is 73.1 Å². The molecule has 0 aliphatic heterocycles. The van der Waals surface area contributed by atoms with Gasteiger partial charge in [-0.15, -0.1) is 0 Å². The zero-order chi connectivity index (χ0) is 24.5. The Morgan fingerprint density at radius 2 is 1.12 bits per heavy atom. The monoisotopic (exact) mass is 474 g/mol. The topological polar surface area (TPSA) is 52.6 Å². The molecule has 4 nitrogen and oxygen atoms in total. The van der Waals surface area contributed by atoms with Crippen molar-refractivity contribution in [2.75, 3.05) is 0 Å². The van der Waals surface area contributed by atoms with Crippen molar-refractivity contribution in [3.05, 3.63) is 0 Å². The third-order valence-electron chi connectivity index (χ3n) is 9.88. The van der Waals surface area contributed by atoms with Crippen LogP contribution in [0, 0.1) is 46.8 Å². The first-order valence-electron chi connectivity index (χ1n) is 14.5. The number of esters is 2. The summed E-state index contributed by atoms with van der Waals surface area (Å²) >= 11 is 0. The minimum absolute atomic E-state index is 0.0137. The SMILES string of the molecule is CC(C)C(C(=O)OC1CCC(C2CCC2)CC1)C(C(=O)OC1CCC(C2CCC2)C1)C(C)(C)C. The summed E-state index contributed by atoms with van der Waals surface area (Å²) in [7, 11) is 0. The molecule has 4 fully saturated rings. The van der Waals surface area contributed by atoms with Crippen LogP contribution in [0.25, 0.3) is 0 Å². The average molecular weight is 475 g/mol. The highest BCUT2D eigenvalue weighted by Crippen LogP contribution is 2.45. The highest BCUT2D eigenvalue weighted by Gasteiger charge is 2.47. The van der Waals surface area contributed by atoms with Crippen LogP contribution in [0.5, 0.6) is 0 Å². The van der Waals surface area contributed by atoms with Gasteiger partial charge in [-0.25, -0.2) is 0 Å². The van der Waals surface area contributed by atoms with E-state index in [-0.39, 0.29) is 35.5 Å². The molecule has 34 heavy (non-hydrogen) atoms. The van der Waals surface area contributed by atoms with Crippen molar-refractivity contribution in [3.8, 4) is 0 Å². The van der Waals surface area contributed by atoms with Crippen LogP contribution in [0.3, 0.4) is 0 Å². The maximum Gasteiger partial charge on any atom is 0.310 e. The van der Waals surface area contributed by atoms with Gasteiger partial charge in [0.05, 0.1) is 11.8 Å². The van der Waals surface area contributed by atoms with E-state index in [0.29, 0.717) is 0 Å². The molecule has 194 valence electrons. The van der Waals surface area contributed by atoms with Gasteiger partial charge in [-0.05, 0) is 80.0 Å². The van der Waals surface area contributed by atoms with E-state index < -0.39 is 11.8 Å². The lowest BCUT2D eigenvalue weighted by atomic mass is 9.69. The van der Waals surface area contributed by atoms with Gasteiger partial charge < -0.3 is 9.47 Å². The fourth-order valence-corrected chi connectivity index (χ4v) is 7.32. The molecule has 0 N–H and O–H groups in total. The Labute approximate surface area is 208 Å². The summed E-state index contributed by atoms with van der Waals surface area (Å²) in [6, 6.07) is 0. The fourth-order valence-electron chi connectivity index (χ4n) is 7.32. The van der Waals surface area contributed by atoms with Gasteiger partial charge in [-0.2, -0.15) is 0 Å². The molecule has 4 saturated carbocycles. The second-order valence-corrected chi connectivity index (χ2v) is 13.6. The third kappa shape index (κ3) is 6.01. The third-order valence-corrected chi connectivity index (χ3v) is 9.88. The molecule has 0 heterocycles. The summed E-state index contributed by atoms with van der Waals surface area (Å²) in [6.45, 7) is 10.3.